The van der Waals surface area contributed by atoms with Crippen LogP contribution in [0.1, 0.15) is 19.3 Å². The molecule has 0 amide bonds. The summed E-state index contributed by atoms with van der Waals surface area (Å²) in [5, 5.41) is 0. The molecule has 4 nitrogen and oxygen atoms in total. The summed E-state index contributed by atoms with van der Waals surface area (Å²) >= 11 is 0. The van der Waals surface area contributed by atoms with E-state index in [2.05, 4.69) is 4.74 Å². The maximum absolute atomic E-state index is 10.9. The average molecular weight is 210 g/mol. The molecule has 1 fully saturated rings. The lowest BCUT2D eigenvalue weighted by Gasteiger charge is -2.25. The predicted octanol–water partition coefficient (Wildman–Crippen LogP) is 0.683. The van der Waals surface area contributed by atoms with Gasteiger partial charge in [-0.3, -0.25) is 4.79 Å². The number of hydrogen-bond donors (Lipinski definition) is 1. The van der Waals surface area contributed by atoms with Crippen LogP contribution in [0.2, 0.25) is 0 Å². The minimum Gasteiger partial charge on any atom is -0.469 e. The molecule has 0 saturated carbocycles. The van der Waals surface area contributed by atoms with Crippen molar-refractivity contribution in [1.29, 1.82) is 0 Å². The number of hydrogen-bond acceptors (Lipinski definition) is 4. The SMILES string of the molecule is COC(=O)CC1CCOC(N)C1.Cl. The van der Waals surface area contributed by atoms with Crippen molar-refractivity contribution in [2.75, 3.05) is 13.7 Å². The highest BCUT2D eigenvalue weighted by Gasteiger charge is 2.22. The Morgan fingerprint density at radius 2 is 2.38 bits per heavy atom. The van der Waals surface area contributed by atoms with Gasteiger partial charge in [0.15, 0.2) is 0 Å². The first kappa shape index (κ1) is 12.7. The molecular weight excluding hydrogens is 194 g/mol. The molecule has 1 aliphatic rings. The van der Waals surface area contributed by atoms with Gasteiger partial charge < -0.3 is 15.2 Å². The minimum atomic E-state index is -0.201. The van der Waals surface area contributed by atoms with Crippen molar-refractivity contribution < 1.29 is 14.3 Å². The number of methoxy groups -OCH3 is 1. The highest BCUT2D eigenvalue weighted by Crippen LogP contribution is 2.20. The zero-order chi connectivity index (χ0) is 8.97. The van der Waals surface area contributed by atoms with Crippen LogP contribution in [0.5, 0.6) is 0 Å². The van der Waals surface area contributed by atoms with Crippen LogP contribution in [0.4, 0.5) is 0 Å². The maximum atomic E-state index is 10.9. The number of carbonyl (C=O) groups is 1. The zero-order valence-corrected chi connectivity index (χ0v) is 8.51. The first-order valence-electron chi connectivity index (χ1n) is 4.16. The molecule has 0 bridgehead atoms. The Balaban J connectivity index is 0.00000144. The molecule has 1 saturated heterocycles. The van der Waals surface area contributed by atoms with Gasteiger partial charge in [-0.25, -0.2) is 0 Å². The van der Waals surface area contributed by atoms with Crippen molar-refractivity contribution in [3.8, 4) is 0 Å². The fourth-order valence-corrected chi connectivity index (χ4v) is 1.40. The summed E-state index contributed by atoms with van der Waals surface area (Å²) in [6.45, 7) is 0.656. The number of carbonyl (C=O) groups excluding carboxylic acids is 1. The van der Waals surface area contributed by atoms with Crippen LogP contribution in [0.15, 0.2) is 0 Å². The van der Waals surface area contributed by atoms with Gasteiger partial charge in [-0.15, -0.1) is 12.4 Å². The summed E-state index contributed by atoms with van der Waals surface area (Å²) in [6, 6.07) is 0. The van der Waals surface area contributed by atoms with Crippen molar-refractivity contribution in [2.45, 2.75) is 25.5 Å². The Hall–Kier alpha value is -0.320. The Morgan fingerprint density at radius 1 is 1.69 bits per heavy atom. The van der Waals surface area contributed by atoms with Gasteiger partial charge in [0.2, 0.25) is 0 Å². The number of rotatable bonds is 2. The van der Waals surface area contributed by atoms with E-state index in [9.17, 15) is 4.79 Å². The quantitative estimate of drug-likeness (QED) is 0.680. The summed E-state index contributed by atoms with van der Waals surface area (Å²) in [4.78, 5) is 10.9. The molecule has 2 unspecified atom stereocenters. The molecule has 1 heterocycles. The van der Waals surface area contributed by atoms with Crippen molar-refractivity contribution in [2.24, 2.45) is 11.7 Å². The number of esters is 1. The number of ether oxygens (including phenoxy) is 2. The lowest BCUT2D eigenvalue weighted by atomic mass is 9.95. The Kier molecular flexibility index (Phi) is 6.03. The Labute approximate surface area is 84.2 Å². The van der Waals surface area contributed by atoms with E-state index in [1.54, 1.807) is 0 Å². The standard InChI is InChI=1S/C8H15NO3.ClH/c1-11-8(10)5-6-2-3-12-7(9)4-6;/h6-7H,2-5,9H2,1H3;1H. The van der Waals surface area contributed by atoms with Gasteiger partial charge in [-0.1, -0.05) is 0 Å². The summed E-state index contributed by atoms with van der Waals surface area (Å²) in [5.74, 6) is 0.176. The maximum Gasteiger partial charge on any atom is 0.305 e. The van der Waals surface area contributed by atoms with Crippen LogP contribution in [0.3, 0.4) is 0 Å². The second kappa shape index (κ2) is 6.18. The van der Waals surface area contributed by atoms with E-state index in [4.69, 9.17) is 10.5 Å². The molecule has 0 aromatic rings. The van der Waals surface area contributed by atoms with E-state index in [0.29, 0.717) is 18.9 Å². The fraction of sp³-hybridized carbons (Fsp3) is 0.875. The second-order valence-corrected chi connectivity index (χ2v) is 3.08. The van der Waals surface area contributed by atoms with E-state index >= 15 is 0 Å². The first-order valence-corrected chi connectivity index (χ1v) is 4.16. The topological polar surface area (TPSA) is 61.5 Å². The van der Waals surface area contributed by atoms with E-state index in [1.165, 1.54) is 7.11 Å². The number of nitrogens with two attached hydrogens (primary N) is 1. The lowest BCUT2D eigenvalue weighted by Crippen LogP contribution is -2.33. The van der Waals surface area contributed by atoms with Gasteiger partial charge in [0, 0.05) is 13.0 Å². The average Bonchev–Trinajstić information content (AvgIpc) is 2.04. The molecule has 0 spiro atoms. The van der Waals surface area contributed by atoms with Crippen molar-refractivity contribution in [3.63, 3.8) is 0 Å². The molecule has 1 rings (SSSR count). The van der Waals surface area contributed by atoms with E-state index < -0.39 is 0 Å². The molecule has 0 aliphatic carbocycles. The van der Waals surface area contributed by atoms with Gasteiger partial charge in [0.25, 0.3) is 0 Å². The van der Waals surface area contributed by atoms with Gasteiger partial charge in [0.1, 0.15) is 6.23 Å². The zero-order valence-electron chi connectivity index (χ0n) is 7.69. The number of halogens is 1. The summed E-state index contributed by atoms with van der Waals surface area (Å²) in [7, 11) is 1.40. The third kappa shape index (κ3) is 4.45. The Bertz CT molecular complexity index is 165. The normalized spacial score (nSPS) is 27.5. The predicted molar refractivity (Wildman–Crippen MR) is 50.5 cm³/mol. The van der Waals surface area contributed by atoms with E-state index in [0.717, 1.165) is 12.8 Å². The van der Waals surface area contributed by atoms with Crippen LogP contribution in [-0.4, -0.2) is 25.9 Å². The van der Waals surface area contributed by atoms with Crippen LogP contribution >= 0.6 is 12.4 Å². The first-order chi connectivity index (χ1) is 5.72. The molecule has 1 aliphatic heterocycles. The summed E-state index contributed by atoms with van der Waals surface area (Å²) in [6.07, 6.45) is 1.93. The van der Waals surface area contributed by atoms with Crippen molar-refractivity contribution in [3.05, 3.63) is 0 Å². The molecular formula is C8H16ClNO3. The van der Waals surface area contributed by atoms with E-state index in [-0.39, 0.29) is 24.6 Å². The van der Waals surface area contributed by atoms with Gasteiger partial charge in [-0.2, -0.15) is 0 Å². The molecule has 0 aromatic heterocycles. The molecule has 78 valence electrons. The lowest BCUT2D eigenvalue weighted by molar-refractivity contribution is -0.142. The minimum absolute atomic E-state index is 0. The van der Waals surface area contributed by atoms with Gasteiger partial charge >= 0.3 is 5.97 Å². The smallest absolute Gasteiger partial charge is 0.305 e. The van der Waals surface area contributed by atoms with Crippen LogP contribution < -0.4 is 5.73 Å². The van der Waals surface area contributed by atoms with Crippen molar-refractivity contribution >= 4 is 18.4 Å². The monoisotopic (exact) mass is 209 g/mol. The fourth-order valence-electron chi connectivity index (χ4n) is 1.40. The highest BCUT2D eigenvalue weighted by molar-refractivity contribution is 5.85. The van der Waals surface area contributed by atoms with Gasteiger partial charge in [-0.05, 0) is 18.8 Å². The molecule has 5 heteroatoms. The highest BCUT2D eigenvalue weighted by atomic mass is 35.5. The van der Waals surface area contributed by atoms with Crippen LogP contribution in [0.25, 0.3) is 0 Å². The molecule has 2 atom stereocenters. The van der Waals surface area contributed by atoms with Crippen LogP contribution in [0, 0.1) is 5.92 Å². The molecule has 0 aromatic carbocycles. The van der Waals surface area contributed by atoms with Crippen molar-refractivity contribution in [1.82, 2.24) is 0 Å². The summed E-state index contributed by atoms with van der Waals surface area (Å²) < 4.78 is 9.72. The summed E-state index contributed by atoms with van der Waals surface area (Å²) in [5.41, 5.74) is 5.57. The van der Waals surface area contributed by atoms with Crippen LogP contribution in [-0.2, 0) is 14.3 Å². The Morgan fingerprint density at radius 3 is 2.92 bits per heavy atom. The molecule has 2 N–H and O–H groups in total. The largest absolute Gasteiger partial charge is 0.469 e. The third-order valence-electron chi connectivity index (χ3n) is 2.11. The van der Waals surface area contributed by atoms with Gasteiger partial charge in [0.05, 0.1) is 7.11 Å². The third-order valence-corrected chi connectivity index (χ3v) is 2.11. The second-order valence-electron chi connectivity index (χ2n) is 3.08. The molecule has 0 radical (unpaired) electrons. The van der Waals surface area contributed by atoms with E-state index in [1.807, 2.05) is 0 Å². The molecule has 13 heavy (non-hydrogen) atoms.